The summed E-state index contributed by atoms with van der Waals surface area (Å²) in [5.41, 5.74) is 19.8. The van der Waals surface area contributed by atoms with Crippen LogP contribution in [0.2, 0.25) is 0 Å². The summed E-state index contributed by atoms with van der Waals surface area (Å²) in [4.78, 5) is 2.54. The molecule has 2 nitrogen and oxygen atoms in total. The van der Waals surface area contributed by atoms with Crippen molar-refractivity contribution in [1.29, 1.82) is 0 Å². The summed E-state index contributed by atoms with van der Waals surface area (Å²) in [5.74, 6) is 0. The van der Waals surface area contributed by atoms with Gasteiger partial charge in [-0.1, -0.05) is 161 Å². The monoisotopic (exact) mass is 718 g/mol. The van der Waals surface area contributed by atoms with Crippen LogP contribution >= 0.6 is 0 Å². The number of aromatic nitrogens is 1. The lowest BCUT2D eigenvalue weighted by Gasteiger charge is -2.30. The first kappa shape index (κ1) is 32.8. The number of benzene rings is 8. The van der Waals surface area contributed by atoms with E-state index in [-0.39, 0.29) is 10.8 Å². The third-order valence-electron chi connectivity index (χ3n) is 12.8. The highest BCUT2D eigenvalue weighted by Gasteiger charge is 2.39. The van der Waals surface area contributed by atoms with E-state index in [1.807, 2.05) is 0 Å². The second-order valence-corrected chi connectivity index (χ2v) is 16.6. The Morgan fingerprint density at radius 1 is 0.393 bits per heavy atom. The van der Waals surface area contributed by atoms with Crippen molar-refractivity contribution in [2.75, 3.05) is 4.90 Å². The number of nitrogens with zero attached hydrogens (tertiary/aromatic N) is 2. The summed E-state index contributed by atoms with van der Waals surface area (Å²) >= 11 is 0. The van der Waals surface area contributed by atoms with E-state index in [2.05, 4.69) is 219 Å². The molecule has 2 aliphatic carbocycles. The fraction of sp³-hybridized carbons (Fsp3) is 0.111. The highest BCUT2D eigenvalue weighted by Crippen LogP contribution is 2.56. The van der Waals surface area contributed by atoms with Crippen LogP contribution < -0.4 is 4.90 Å². The summed E-state index contributed by atoms with van der Waals surface area (Å²) in [6, 6.07) is 67.7. The summed E-state index contributed by atoms with van der Waals surface area (Å²) in [7, 11) is 0. The Hall–Kier alpha value is -6.64. The molecule has 0 saturated carbocycles. The largest absolute Gasteiger partial charge is 0.310 e. The van der Waals surface area contributed by atoms with Gasteiger partial charge in [0.15, 0.2) is 0 Å². The topological polar surface area (TPSA) is 8.17 Å². The standard InChI is InChI=1S/C54H42N2/c1-53(2)45-23-12-8-19-40(45)44-34-37(29-30-47(44)53)55(51-28-16-25-48-52(51)43-22-9-13-24-46(43)54(48,3)4)38-31-36(35-17-6-5-7-18-35)32-39(33-38)56-49-26-14-10-20-41(49)42-21-11-15-27-50(42)56/h5-34H,1-4H3. The molecule has 268 valence electrons. The molecule has 2 aliphatic rings. The predicted molar refractivity (Wildman–Crippen MR) is 236 cm³/mol. The molecule has 0 atom stereocenters. The lowest BCUT2D eigenvalue weighted by molar-refractivity contribution is 0.660. The van der Waals surface area contributed by atoms with E-state index in [9.17, 15) is 0 Å². The molecule has 8 aromatic carbocycles. The Bertz CT molecular complexity index is 2980. The van der Waals surface area contributed by atoms with Gasteiger partial charge in [-0.2, -0.15) is 0 Å². The molecule has 1 aromatic heterocycles. The van der Waals surface area contributed by atoms with Gasteiger partial charge in [-0.05, 0) is 98.6 Å². The van der Waals surface area contributed by atoms with Crippen molar-refractivity contribution < 1.29 is 0 Å². The first-order chi connectivity index (χ1) is 27.3. The van der Waals surface area contributed by atoms with Crippen LogP contribution in [0.15, 0.2) is 182 Å². The van der Waals surface area contributed by atoms with Gasteiger partial charge in [0.05, 0.1) is 16.7 Å². The van der Waals surface area contributed by atoms with Crippen molar-refractivity contribution in [2.45, 2.75) is 38.5 Å². The summed E-state index contributed by atoms with van der Waals surface area (Å²) in [6.45, 7) is 9.46. The molecule has 9 aromatic rings. The molecule has 0 N–H and O–H groups in total. The molecule has 0 saturated heterocycles. The highest BCUT2D eigenvalue weighted by atomic mass is 15.1. The summed E-state index contributed by atoms with van der Waals surface area (Å²) in [5, 5.41) is 2.51. The van der Waals surface area contributed by atoms with Gasteiger partial charge in [-0.3, -0.25) is 0 Å². The maximum absolute atomic E-state index is 2.54. The quantitative estimate of drug-likeness (QED) is 0.172. The first-order valence-electron chi connectivity index (χ1n) is 19.8. The molecule has 0 spiro atoms. The van der Waals surface area contributed by atoms with E-state index < -0.39 is 0 Å². The van der Waals surface area contributed by atoms with Gasteiger partial charge in [0, 0.05) is 44.2 Å². The maximum atomic E-state index is 2.54. The van der Waals surface area contributed by atoms with Gasteiger partial charge in [0.25, 0.3) is 0 Å². The second kappa shape index (κ2) is 11.9. The average Bonchev–Trinajstić information content (AvgIpc) is 3.78. The molecular formula is C54H42N2. The fourth-order valence-electron chi connectivity index (χ4n) is 10.0. The molecule has 0 radical (unpaired) electrons. The zero-order valence-corrected chi connectivity index (χ0v) is 32.2. The van der Waals surface area contributed by atoms with E-state index >= 15 is 0 Å². The zero-order chi connectivity index (χ0) is 37.8. The predicted octanol–water partition coefficient (Wildman–Crippen LogP) is 14.5. The molecular weight excluding hydrogens is 677 g/mol. The minimum Gasteiger partial charge on any atom is -0.310 e. The second-order valence-electron chi connectivity index (χ2n) is 16.6. The molecule has 0 unspecified atom stereocenters. The number of rotatable bonds is 5. The van der Waals surface area contributed by atoms with Crippen LogP contribution in [0.5, 0.6) is 0 Å². The van der Waals surface area contributed by atoms with Crippen LogP contribution in [0.25, 0.3) is 60.9 Å². The van der Waals surface area contributed by atoms with Gasteiger partial charge in [0.2, 0.25) is 0 Å². The number of hydrogen-bond donors (Lipinski definition) is 0. The Morgan fingerprint density at radius 2 is 0.964 bits per heavy atom. The van der Waals surface area contributed by atoms with Crippen LogP contribution in [0, 0.1) is 0 Å². The molecule has 1 heterocycles. The van der Waals surface area contributed by atoms with E-state index in [0.29, 0.717) is 0 Å². The summed E-state index contributed by atoms with van der Waals surface area (Å²) < 4.78 is 2.45. The number of para-hydroxylation sites is 2. The molecule has 0 bridgehead atoms. The van der Waals surface area contributed by atoms with Crippen molar-refractivity contribution in [2.24, 2.45) is 0 Å². The SMILES string of the molecule is CC1(C)c2ccccc2-c2cc(N(c3cc(-c4ccccc4)cc(-n4c5ccccc5c5ccccc54)c3)c3cccc4c3-c3ccccc3C4(C)C)ccc21. The van der Waals surface area contributed by atoms with Crippen molar-refractivity contribution in [3.05, 3.63) is 204 Å². The molecule has 56 heavy (non-hydrogen) atoms. The van der Waals surface area contributed by atoms with Crippen molar-refractivity contribution in [1.82, 2.24) is 4.57 Å². The van der Waals surface area contributed by atoms with E-state index in [1.54, 1.807) is 0 Å². The van der Waals surface area contributed by atoms with Gasteiger partial charge in [0.1, 0.15) is 0 Å². The number of fused-ring (bicyclic) bond motifs is 9. The van der Waals surface area contributed by atoms with Crippen molar-refractivity contribution >= 4 is 38.9 Å². The number of hydrogen-bond acceptors (Lipinski definition) is 1. The number of anilines is 3. The van der Waals surface area contributed by atoms with Crippen LogP contribution in [-0.2, 0) is 10.8 Å². The minimum atomic E-state index is -0.130. The van der Waals surface area contributed by atoms with Gasteiger partial charge in [-0.15, -0.1) is 0 Å². The molecule has 0 aliphatic heterocycles. The molecule has 11 rings (SSSR count). The minimum absolute atomic E-state index is 0.0802. The van der Waals surface area contributed by atoms with Crippen molar-refractivity contribution in [3.63, 3.8) is 0 Å². The Labute approximate surface area is 328 Å². The summed E-state index contributed by atoms with van der Waals surface area (Å²) in [6.07, 6.45) is 0. The lowest BCUT2D eigenvalue weighted by Crippen LogP contribution is -2.17. The lowest BCUT2D eigenvalue weighted by atomic mass is 9.82. The van der Waals surface area contributed by atoms with Gasteiger partial charge >= 0.3 is 0 Å². The Morgan fingerprint density at radius 3 is 1.70 bits per heavy atom. The maximum Gasteiger partial charge on any atom is 0.0543 e. The van der Waals surface area contributed by atoms with E-state index in [1.165, 1.54) is 83.1 Å². The normalized spacial score (nSPS) is 14.4. The van der Waals surface area contributed by atoms with Crippen LogP contribution in [0.3, 0.4) is 0 Å². The van der Waals surface area contributed by atoms with Crippen LogP contribution in [0.1, 0.15) is 49.9 Å². The van der Waals surface area contributed by atoms with Gasteiger partial charge < -0.3 is 9.47 Å². The first-order valence-corrected chi connectivity index (χ1v) is 19.8. The van der Waals surface area contributed by atoms with Crippen LogP contribution in [0.4, 0.5) is 17.1 Å². The third-order valence-corrected chi connectivity index (χ3v) is 12.8. The molecule has 0 amide bonds. The average molecular weight is 719 g/mol. The third kappa shape index (κ3) is 4.62. The van der Waals surface area contributed by atoms with Crippen LogP contribution in [-0.4, -0.2) is 4.57 Å². The van der Waals surface area contributed by atoms with E-state index in [4.69, 9.17) is 0 Å². The molecule has 2 heteroatoms. The van der Waals surface area contributed by atoms with Gasteiger partial charge in [-0.25, -0.2) is 0 Å². The highest BCUT2D eigenvalue weighted by molar-refractivity contribution is 6.09. The smallest absolute Gasteiger partial charge is 0.0543 e. The molecule has 0 fully saturated rings. The Balaban J connectivity index is 1.24. The Kier molecular flexibility index (Phi) is 6.98. The van der Waals surface area contributed by atoms with E-state index in [0.717, 1.165) is 17.1 Å². The van der Waals surface area contributed by atoms with Crippen molar-refractivity contribution in [3.8, 4) is 39.1 Å². The zero-order valence-electron chi connectivity index (χ0n) is 32.2. The fourth-order valence-corrected chi connectivity index (χ4v) is 10.0.